The Bertz CT molecular complexity index is 1210. The molecule has 2 heterocycles. The monoisotopic (exact) mass is 427 g/mol. The molecular formula is C18H17N7O6. The van der Waals surface area contributed by atoms with E-state index in [-0.39, 0.29) is 34.9 Å². The van der Waals surface area contributed by atoms with Gasteiger partial charge in [0.1, 0.15) is 11.9 Å². The summed E-state index contributed by atoms with van der Waals surface area (Å²) in [5.41, 5.74) is 5.70. The van der Waals surface area contributed by atoms with E-state index >= 15 is 0 Å². The van der Waals surface area contributed by atoms with E-state index < -0.39 is 35.9 Å². The Morgan fingerprint density at radius 1 is 1.13 bits per heavy atom. The Hall–Kier alpha value is -4.55. The van der Waals surface area contributed by atoms with E-state index in [2.05, 4.69) is 30.6 Å². The summed E-state index contributed by atoms with van der Waals surface area (Å²) in [6.07, 6.45) is 0.725. The summed E-state index contributed by atoms with van der Waals surface area (Å²) in [6, 6.07) is 4.64. The van der Waals surface area contributed by atoms with Crippen LogP contribution in [0.15, 0.2) is 35.3 Å². The molecule has 2 aromatic heterocycles. The second-order valence-electron chi connectivity index (χ2n) is 6.38. The number of aromatic nitrogens is 4. The van der Waals surface area contributed by atoms with E-state index in [0.717, 1.165) is 0 Å². The number of nitrogens with zero attached hydrogens (tertiary/aromatic N) is 3. The van der Waals surface area contributed by atoms with Gasteiger partial charge < -0.3 is 26.6 Å². The molecule has 13 heteroatoms. The molecule has 0 bridgehead atoms. The third kappa shape index (κ3) is 5.29. The molecule has 0 saturated carbocycles. The van der Waals surface area contributed by atoms with Crippen molar-refractivity contribution in [2.45, 2.75) is 18.9 Å². The zero-order chi connectivity index (χ0) is 22.5. The molecule has 0 aliphatic rings. The number of benzene rings is 1. The third-order valence-electron chi connectivity index (χ3n) is 4.11. The quantitative estimate of drug-likeness (QED) is 0.283. The second-order valence-corrected chi connectivity index (χ2v) is 6.38. The molecule has 1 aromatic carbocycles. The summed E-state index contributed by atoms with van der Waals surface area (Å²) in [7, 11) is 0. The summed E-state index contributed by atoms with van der Waals surface area (Å²) in [5.74, 6) is -2.97. The number of aromatic amines is 1. The first-order chi connectivity index (χ1) is 14.7. The number of anilines is 3. The fourth-order valence-corrected chi connectivity index (χ4v) is 2.61. The predicted octanol–water partition coefficient (Wildman–Crippen LogP) is 0.0867. The Kier molecular flexibility index (Phi) is 6.05. The van der Waals surface area contributed by atoms with Crippen LogP contribution in [0, 0.1) is 0 Å². The molecule has 31 heavy (non-hydrogen) atoms. The van der Waals surface area contributed by atoms with Gasteiger partial charge in [-0.3, -0.25) is 19.4 Å². The lowest BCUT2D eigenvalue weighted by Crippen LogP contribution is -2.41. The number of nitrogen functional groups attached to an aromatic ring is 1. The average molecular weight is 427 g/mol. The SMILES string of the molecule is Nc1nc2ncc(Nc3ccc(C(=O)N[C@@H](CCC(=O)O)C(=O)O)cc3)nc2c(=O)[nH]1. The number of nitrogens with one attached hydrogen (secondary N) is 3. The summed E-state index contributed by atoms with van der Waals surface area (Å²) in [4.78, 5) is 60.4. The summed E-state index contributed by atoms with van der Waals surface area (Å²) >= 11 is 0. The van der Waals surface area contributed by atoms with Crippen LogP contribution in [0.3, 0.4) is 0 Å². The molecule has 1 amide bonds. The molecule has 7 N–H and O–H groups in total. The van der Waals surface area contributed by atoms with Crippen LogP contribution in [-0.4, -0.2) is 54.0 Å². The van der Waals surface area contributed by atoms with Gasteiger partial charge in [0.2, 0.25) is 5.95 Å². The van der Waals surface area contributed by atoms with Crippen molar-refractivity contribution < 1.29 is 24.6 Å². The molecular weight excluding hydrogens is 410 g/mol. The van der Waals surface area contributed by atoms with E-state index in [0.29, 0.717) is 5.69 Å². The van der Waals surface area contributed by atoms with E-state index in [4.69, 9.17) is 15.9 Å². The van der Waals surface area contributed by atoms with Gasteiger partial charge in [-0.05, 0) is 30.7 Å². The van der Waals surface area contributed by atoms with Gasteiger partial charge in [-0.25, -0.2) is 14.8 Å². The zero-order valence-electron chi connectivity index (χ0n) is 15.8. The minimum Gasteiger partial charge on any atom is -0.481 e. The number of nitrogens with two attached hydrogens (primary N) is 1. The summed E-state index contributed by atoms with van der Waals surface area (Å²) < 4.78 is 0. The Morgan fingerprint density at radius 2 is 1.84 bits per heavy atom. The number of carboxylic acids is 2. The van der Waals surface area contributed by atoms with Crippen molar-refractivity contribution in [2.75, 3.05) is 11.1 Å². The maximum atomic E-state index is 12.3. The molecule has 0 saturated heterocycles. The number of fused-ring (bicyclic) bond motifs is 1. The fourth-order valence-electron chi connectivity index (χ4n) is 2.61. The standard InChI is InChI=1S/C18H17N7O6/c19-18-24-14-13(16(29)25-18)23-11(7-20-14)21-9-3-1-8(2-4-9)15(28)22-10(17(30)31)5-6-12(26)27/h1-4,7,10H,5-6H2,(H,21,23)(H,22,28)(H,26,27)(H,30,31)(H3,19,20,24,25,29)/t10-/m0/s1. The van der Waals surface area contributed by atoms with E-state index in [9.17, 15) is 19.2 Å². The highest BCUT2D eigenvalue weighted by Gasteiger charge is 2.21. The lowest BCUT2D eigenvalue weighted by molar-refractivity contribution is -0.140. The van der Waals surface area contributed by atoms with Gasteiger partial charge in [-0.2, -0.15) is 4.98 Å². The molecule has 0 unspecified atom stereocenters. The average Bonchev–Trinajstić information content (AvgIpc) is 2.71. The van der Waals surface area contributed by atoms with Crippen molar-refractivity contribution in [2.24, 2.45) is 0 Å². The van der Waals surface area contributed by atoms with Crippen LogP contribution in [0.4, 0.5) is 17.5 Å². The van der Waals surface area contributed by atoms with Gasteiger partial charge >= 0.3 is 11.9 Å². The zero-order valence-corrected chi connectivity index (χ0v) is 15.8. The maximum absolute atomic E-state index is 12.3. The minimum atomic E-state index is -1.33. The maximum Gasteiger partial charge on any atom is 0.326 e. The Balaban J connectivity index is 1.70. The first-order valence-corrected chi connectivity index (χ1v) is 8.88. The van der Waals surface area contributed by atoms with Crippen molar-refractivity contribution in [3.8, 4) is 0 Å². The Labute approximate surface area is 173 Å². The normalized spacial score (nSPS) is 11.6. The van der Waals surface area contributed by atoms with Crippen molar-refractivity contribution in [1.29, 1.82) is 0 Å². The lowest BCUT2D eigenvalue weighted by atomic mass is 10.1. The number of H-pyrrole nitrogens is 1. The van der Waals surface area contributed by atoms with Gasteiger partial charge in [0.25, 0.3) is 11.5 Å². The molecule has 3 rings (SSSR count). The van der Waals surface area contributed by atoms with Crippen LogP contribution in [0.2, 0.25) is 0 Å². The first-order valence-electron chi connectivity index (χ1n) is 8.88. The van der Waals surface area contributed by atoms with Crippen LogP contribution in [0.5, 0.6) is 0 Å². The van der Waals surface area contributed by atoms with Crippen molar-refractivity contribution >= 4 is 46.5 Å². The number of rotatable bonds is 8. The minimum absolute atomic E-state index is 0.00345. The molecule has 0 aliphatic carbocycles. The predicted molar refractivity (Wildman–Crippen MR) is 108 cm³/mol. The van der Waals surface area contributed by atoms with Gasteiger partial charge in [0, 0.05) is 17.7 Å². The molecule has 0 fully saturated rings. The highest BCUT2D eigenvalue weighted by Crippen LogP contribution is 2.16. The van der Waals surface area contributed by atoms with Crippen molar-refractivity contribution in [3.05, 3.63) is 46.4 Å². The van der Waals surface area contributed by atoms with E-state index in [1.807, 2.05) is 0 Å². The van der Waals surface area contributed by atoms with Crippen molar-refractivity contribution in [3.63, 3.8) is 0 Å². The van der Waals surface area contributed by atoms with Gasteiger partial charge in [-0.1, -0.05) is 0 Å². The molecule has 13 nitrogen and oxygen atoms in total. The van der Waals surface area contributed by atoms with Crippen LogP contribution in [0.25, 0.3) is 11.2 Å². The summed E-state index contributed by atoms with van der Waals surface area (Å²) in [5, 5.41) is 23.0. The lowest BCUT2D eigenvalue weighted by Gasteiger charge is -2.14. The number of amides is 1. The molecule has 3 aromatic rings. The molecule has 0 aliphatic heterocycles. The second kappa shape index (κ2) is 8.86. The summed E-state index contributed by atoms with van der Waals surface area (Å²) in [6.45, 7) is 0. The van der Waals surface area contributed by atoms with Crippen LogP contribution >= 0.6 is 0 Å². The van der Waals surface area contributed by atoms with E-state index in [1.165, 1.54) is 18.3 Å². The highest BCUT2D eigenvalue weighted by molar-refractivity contribution is 5.97. The van der Waals surface area contributed by atoms with Gasteiger partial charge in [0.05, 0.1) is 6.20 Å². The Morgan fingerprint density at radius 3 is 2.48 bits per heavy atom. The highest BCUT2D eigenvalue weighted by atomic mass is 16.4. The van der Waals surface area contributed by atoms with Crippen molar-refractivity contribution in [1.82, 2.24) is 25.3 Å². The first kappa shape index (κ1) is 21.2. The van der Waals surface area contributed by atoms with E-state index in [1.54, 1.807) is 12.1 Å². The number of hydrogen-bond donors (Lipinski definition) is 6. The smallest absolute Gasteiger partial charge is 0.326 e. The van der Waals surface area contributed by atoms with Crippen LogP contribution in [-0.2, 0) is 9.59 Å². The van der Waals surface area contributed by atoms with Gasteiger partial charge in [-0.15, -0.1) is 0 Å². The number of carbonyl (C=O) groups is 3. The molecule has 0 radical (unpaired) electrons. The molecule has 1 atom stereocenters. The number of carbonyl (C=O) groups excluding carboxylic acids is 1. The number of hydrogen-bond acceptors (Lipinski definition) is 9. The van der Waals surface area contributed by atoms with Crippen LogP contribution in [0.1, 0.15) is 23.2 Å². The van der Waals surface area contributed by atoms with Gasteiger partial charge in [0.15, 0.2) is 11.2 Å². The number of carboxylic acid groups (broad SMARTS) is 2. The molecule has 0 spiro atoms. The molecule has 160 valence electrons. The number of aliphatic carboxylic acids is 2. The van der Waals surface area contributed by atoms with Crippen LogP contribution < -0.4 is 21.9 Å². The largest absolute Gasteiger partial charge is 0.481 e. The topological polar surface area (TPSA) is 213 Å². The third-order valence-corrected chi connectivity index (χ3v) is 4.11. The fraction of sp³-hybridized carbons (Fsp3) is 0.167.